The largest absolute Gasteiger partial charge is 0.297 e. The molecule has 2 aliphatic rings. The molecule has 0 saturated heterocycles. The summed E-state index contributed by atoms with van der Waals surface area (Å²) in [5, 5.41) is 4.76. The number of pyridine rings is 1. The molecule has 4 rings (SSSR count). The highest BCUT2D eigenvalue weighted by molar-refractivity contribution is 5.97. The van der Waals surface area contributed by atoms with Gasteiger partial charge in [-0.1, -0.05) is 19.1 Å². The van der Waals surface area contributed by atoms with E-state index in [0.29, 0.717) is 6.04 Å². The van der Waals surface area contributed by atoms with E-state index in [9.17, 15) is 0 Å². The molecule has 0 unspecified atom stereocenters. The van der Waals surface area contributed by atoms with Crippen LogP contribution in [0.15, 0.2) is 36.8 Å². The number of nitrogens with zero attached hydrogens (tertiary/aromatic N) is 2. The molecule has 0 radical (unpaired) electrons. The van der Waals surface area contributed by atoms with Crippen molar-refractivity contribution in [2.75, 3.05) is 5.43 Å². The number of hydrogen-bond acceptors (Lipinski definition) is 3. The summed E-state index contributed by atoms with van der Waals surface area (Å²) < 4.78 is 0. The third-order valence-corrected chi connectivity index (χ3v) is 4.89. The molecule has 0 bridgehead atoms. The first kappa shape index (κ1) is 12.7. The van der Waals surface area contributed by atoms with Gasteiger partial charge in [-0.2, -0.15) is 0 Å². The molecule has 21 heavy (non-hydrogen) atoms. The average Bonchev–Trinajstić information content (AvgIpc) is 2.55. The first-order valence-electron chi connectivity index (χ1n) is 7.91. The minimum absolute atomic E-state index is 0.614. The molecule has 1 N–H and O–H groups in total. The van der Waals surface area contributed by atoms with E-state index in [1.807, 2.05) is 12.4 Å². The second-order valence-corrected chi connectivity index (χ2v) is 6.38. The second kappa shape index (κ2) is 5.06. The summed E-state index contributed by atoms with van der Waals surface area (Å²) in [7, 11) is 0. The predicted molar refractivity (Wildman–Crippen MR) is 87.7 cm³/mol. The molecule has 2 heterocycles. The molecule has 0 amide bonds. The Morgan fingerprint density at radius 2 is 2.00 bits per heavy atom. The number of nitrogens with one attached hydrogen (secondary N) is 1. The van der Waals surface area contributed by atoms with Gasteiger partial charge >= 0.3 is 0 Å². The zero-order valence-electron chi connectivity index (χ0n) is 12.4. The first-order valence-corrected chi connectivity index (χ1v) is 7.91. The molecule has 1 aromatic heterocycles. The SMILES string of the molecule is CC1CCC(N2C=Cc3ccc4cnccc4c3N2)CC1. The second-order valence-electron chi connectivity index (χ2n) is 6.38. The summed E-state index contributed by atoms with van der Waals surface area (Å²) in [6, 6.07) is 7.03. The van der Waals surface area contributed by atoms with E-state index in [-0.39, 0.29) is 0 Å². The van der Waals surface area contributed by atoms with Crippen LogP contribution in [-0.2, 0) is 0 Å². The van der Waals surface area contributed by atoms with Crippen LogP contribution in [-0.4, -0.2) is 16.0 Å². The highest BCUT2D eigenvalue weighted by atomic mass is 15.5. The van der Waals surface area contributed by atoms with Crippen molar-refractivity contribution in [2.24, 2.45) is 5.92 Å². The van der Waals surface area contributed by atoms with Gasteiger partial charge < -0.3 is 0 Å². The highest BCUT2D eigenvalue weighted by Crippen LogP contribution is 2.34. The number of anilines is 1. The van der Waals surface area contributed by atoms with E-state index >= 15 is 0 Å². The zero-order valence-corrected chi connectivity index (χ0v) is 12.4. The summed E-state index contributed by atoms with van der Waals surface area (Å²) in [6.07, 6.45) is 13.5. The van der Waals surface area contributed by atoms with Crippen LogP contribution in [0.5, 0.6) is 0 Å². The normalized spacial score (nSPS) is 24.7. The fraction of sp³-hybridized carbons (Fsp3) is 0.389. The predicted octanol–water partition coefficient (Wildman–Crippen LogP) is 4.43. The van der Waals surface area contributed by atoms with E-state index in [2.05, 4.69) is 52.8 Å². The third-order valence-electron chi connectivity index (χ3n) is 4.89. The van der Waals surface area contributed by atoms with Crippen molar-refractivity contribution >= 4 is 22.5 Å². The summed E-state index contributed by atoms with van der Waals surface area (Å²) in [4.78, 5) is 4.22. The fourth-order valence-corrected chi connectivity index (χ4v) is 3.51. The van der Waals surface area contributed by atoms with Crippen LogP contribution in [0.4, 0.5) is 5.69 Å². The maximum Gasteiger partial charge on any atom is 0.0694 e. The molecule has 0 spiro atoms. The lowest BCUT2D eigenvalue weighted by Gasteiger charge is -2.38. The first-order chi connectivity index (χ1) is 10.3. The van der Waals surface area contributed by atoms with Crippen LogP contribution < -0.4 is 5.43 Å². The lowest BCUT2D eigenvalue weighted by atomic mass is 9.87. The van der Waals surface area contributed by atoms with Crippen molar-refractivity contribution in [3.63, 3.8) is 0 Å². The minimum atomic E-state index is 0.614. The molecule has 1 fully saturated rings. The molecular formula is C18H21N3. The standard InChI is InChI=1S/C18H21N3/c1-13-2-6-16(7-3-13)21-11-9-14-4-5-15-12-19-10-8-17(15)18(14)20-21/h4-5,8-13,16,20H,2-3,6-7H2,1H3. The van der Waals surface area contributed by atoms with Crippen molar-refractivity contribution in [3.8, 4) is 0 Å². The van der Waals surface area contributed by atoms with Gasteiger partial charge in [0.1, 0.15) is 0 Å². The van der Waals surface area contributed by atoms with Gasteiger partial charge in [-0.3, -0.25) is 15.4 Å². The Hall–Kier alpha value is -2.03. The Morgan fingerprint density at radius 1 is 1.14 bits per heavy atom. The summed E-state index contributed by atoms with van der Waals surface area (Å²) in [5.41, 5.74) is 6.12. The molecule has 1 saturated carbocycles. The van der Waals surface area contributed by atoms with Crippen LogP contribution >= 0.6 is 0 Å². The monoisotopic (exact) mass is 279 g/mol. The van der Waals surface area contributed by atoms with Crippen molar-refractivity contribution in [3.05, 3.63) is 42.4 Å². The Labute approximate surface area is 125 Å². The summed E-state index contributed by atoms with van der Waals surface area (Å²) in [6.45, 7) is 2.37. The van der Waals surface area contributed by atoms with Crippen LogP contribution in [0.25, 0.3) is 16.8 Å². The third kappa shape index (κ3) is 2.27. The Bertz CT molecular complexity index is 684. The molecule has 1 aliphatic heterocycles. The van der Waals surface area contributed by atoms with Crippen molar-refractivity contribution in [1.29, 1.82) is 0 Å². The molecule has 1 aliphatic carbocycles. The minimum Gasteiger partial charge on any atom is -0.297 e. The molecule has 3 heteroatoms. The Kier molecular flexibility index (Phi) is 3.06. The smallest absolute Gasteiger partial charge is 0.0694 e. The van der Waals surface area contributed by atoms with Crippen LogP contribution in [0.1, 0.15) is 38.2 Å². The molecule has 108 valence electrons. The van der Waals surface area contributed by atoms with Gasteiger partial charge in [0.05, 0.1) is 5.69 Å². The number of hydrogen-bond donors (Lipinski definition) is 1. The quantitative estimate of drug-likeness (QED) is 0.837. The number of benzene rings is 1. The summed E-state index contributed by atoms with van der Waals surface area (Å²) >= 11 is 0. The molecule has 0 atom stereocenters. The van der Waals surface area contributed by atoms with Gasteiger partial charge in [-0.05, 0) is 43.7 Å². The van der Waals surface area contributed by atoms with Gasteiger partial charge in [0, 0.05) is 41.0 Å². The Balaban J connectivity index is 1.66. The van der Waals surface area contributed by atoms with E-state index < -0.39 is 0 Å². The van der Waals surface area contributed by atoms with E-state index in [4.69, 9.17) is 0 Å². The molecule has 2 aromatic rings. The highest BCUT2D eigenvalue weighted by Gasteiger charge is 2.24. The topological polar surface area (TPSA) is 28.2 Å². The van der Waals surface area contributed by atoms with Crippen molar-refractivity contribution in [2.45, 2.75) is 38.6 Å². The molecule has 3 nitrogen and oxygen atoms in total. The van der Waals surface area contributed by atoms with Gasteiger partial charge in [-0.15, -0.1) is 0 Å². The van der Waals surface area contributed by atoms with Crippen LogP contribution in [0.3, 0.4) is 0 Å². The van der Waals surface area contributed by atoms with E-state index in [1.165, 1.54) is 47.7 Å². The lowest BCUT2D eigenvalue weighted by molar-refractivity contribution is 0.218. The van der Waals surface area contributed by atoms with Crippen molar-refractivity contribution in [1.82, 2.24) is 9.99 Å². The number of rotatable bonds is 1. The zero-order chi connectivity index (χ0) is 14.2. The maximum absolute atomic E-state index is 4.22. The maximum atomic E-state index is 4.22. The van der Waals surface area contributed by atoms with Gasteiger partial charge in [0.15, 0.2) is 0 Å². The summed E-state index contributed by atoms with van der Waals surface area (Å²) in [5.74, 6) is 0.884. The molecular weight excluding hydrogens is 258 g/mol. The van der Waals surface area contributed by atoms with E-state index in [0.717, 1.165) is 5.92 Å². The van der Waals surface area contributed by atoms with Crippen LogP contribution in [0.2, 0.25) is 0 Å². The lowest BCUT2D eigenvalue weighted by Crippen LogP contribution is -2.39. The Morgan fingerprint density at radius 3 is 2.86 bits per heavy atom. The average molecular weight is 279 g/mol. The number of aromatic nitrogens is 1. The van der Waals surface area contributed by atoms with E-state index in [1.54, 1.807) is 0 Å². The van der Waals surface area contributed by atoms with Crippen molar-refractivity contribution < 1.29 is 0 Å². The van der Waals surface area contributed by atoms with Gasteiger partial charge in [-0.25, -0.2) is 0 Å². The number of hydrazine groups is 1. The van der Waals surface area contributed by atoms with Gasteiger partial charge in [0.2, 0.25) is 0 Å². The number of fused-ring (bicyclic) bond motifs is 3. The molecule has 1 aromatic carbocycles. The van der Waals surface area contributed by atoms with Crippen LogP contribution in [0, 0.1) is 5.92 Å². The fourth-order valence-electron chi connectivity index (χ4n) is 3.51. The van der Waals surface area contributed by atoms with Gasteiger partial charge in [0.25, 0.3) is 0 Å².